The van der Waals surface area contributed by atoms with Crippen LogP contribution < -0.4 is 15.0 Å². The predicted octanol–water partition coefficient (Wildman–Crippen LogP) is 8.89. The largest absolute Gasteiger partial charge is 0.547 e. The van der Waals surface area contributed by atoms with Gasteiger partial charge < -0.3 is 22.6 Å². The number of aryl methyl sites for hydroxylation is 1. The molecule has 0 bridgehead atoms. The van der Waals surface area contributed by atoms with Crippen molar-refractivity contribution in [3.63, 3.8) is 0 Å². The Hall–Kier alpha value is -2.83. The molecule has 0 amide bonds. The fraction of sp³-hybridized carbons (Fsp3) is 0.324. The van der Waals surface area contributed by atoms with Crippen molar-refractivity contribution in [1.82, 2.24) is 0 Å². The van der Waals surface area contributed by atoms with Gasteiger partial charge in [0.1, 0.15) is 5.58 Å². The van der Waals surface area contributed by atoms with Crippen LogP contribution in [0, 0.1) is 6.92 Å². The van der Waals surface area contributed by atoms with E-state index in [2.05, 4.69) is 68.2 Å². The van der Waals surface area contributed by atoms with E-state index in [1.54, 1.807) is 34.0 Å². The third-order valence-corrected chi connectivity index (χ3v) is 14.5. The molecule has 0 aliphatic carbocycles. The molecule has 0 atom stereocenters. The van der Waals surface area contributed by atoms with E-state index in [1.165, 1.54) is 15.3 Å². The standard InChI is InChI=1S/C34H39NO5S3Si/c1-7-35(8-2)25-13-12-24-21-27(34(36)40-28(24)22-25)30-17-18-31(43-30)32-20-23(6)29(42-32)16-14-26-15-19-33(41-26)44(37-9-3,38-10-4)39-11-5/h12-22H,7-11H2,1-6H3/b16-14+. The van der Waals surface area contributed by atoms with E-state index in [-0.39, 0.29) is 5.63 Å². The van der Waals surface area contributed by atoms with Crippen molar-refractivity contribution in [1.29, 1.82) is 0 Å². The van der Waals surface area contributed by atoms with Crippen molar-refractivity contribution in [2.45, 2.75) is 41.5 Å². The van der Waals surface area contributed by atoms with Gasteiger partial charge in [0.05, 0.1) is 10.1 Å². The predicted molar refractivity (Wildman–Crippen MR) is 191 cm³/mol. The summed E-state index contributed by atoms with van der Waals surface area (Å²) in [5.41, 5.74) is 3.17. The smallest absolute Gasteiger partial charge is 0.422 e. The van der Waals surface area contributed by atoms with Crippen LogP contribution in [-0.2, 0) is 13.3 Å². The number of thiophene rings is 3. The lowest BCUT2D eigenvalue weighted by Gasteiger charge is -2.27. The number of anilines is 1. The number of benzene rings is 1. The molecule has 232 valence electrons. The van der Waals surface area contributed by atoms with Crippen LogP contribution in [0.3, 0.4) is 0 Å². The van der Waals surface area contributed by atoms with Gasteiger partial charge >= 0.3 is 14.4 Å². The van der Waals surface area contributed by atoms with Gasteiger partial charge in [-0.15, -0.1) is 34.0 Å². The Kier molecular flexibility index (Phi) is 10.7. The summed E-state index contributed by atoms with van der Waals surface area (Å²) in [4.78, 5) is 20.8. The maximum absolute atomic E-state index is 13.1. The fourth-order valence-corrected chi connectivity index (χ4v) is 11.4. The van der Waals surface area contributed by atoms with Crippen LogP contribution in [-0.4, -0.2) is 41.7 Å². The molecule has 5 aromatic rings. The molecule has 0 saturated heterocycles. The third-order valence-electron chi connectivity index (χ3n) is 7.25. The zero-order valence-electron chi connectivity index (χ0n) is 26.1. The average molecular weight is 666 g/mol. The molecule has 0 unspecified atom stereocenters. The highest BCUT2D eigenvalue weighted by molar-refractivity contribution is 7.25. The highest BCUT2D eigenvalue weighted by Crippen LogP contribution is 2.39. The maximum Gasteiger partial charge on any atom is 0.547 e. The molecule has 1 aromatic carbocycles. The van der Waals surface area contributed by atoms with Gasteiger partial charge in [0.15, 0.2) is 0 Å². The summed E-state index contributed by atoms with van der Waals surface area (Å²) in [5.74, 6) is 0. The third kappa shape index (κ3) is 6.86. The molecule has 6 nitrogen and oxygen atoms in total. The molecule has 5 rings (SSSR count). The summed E-state index contributed by atoms with van der Waals surface area (Å²) >= 11 is 5.03. The molecule has 0 saturated carbocycles. The van der Waals surface area contributed by atoms with Crippen LogP contribution in [0.25, 0.3) is 43.3 Å². The molecule has 4 heterocycles. The summed E-state index contributed by atoms with van der Waals surface area (Å²) in [5, 5.41) is 0.922. The van der Waals surface area contributed by atoms with E-state index in [0.717, 1.165) is 43.3 Å². The fourth-order valence-electron chi connectivity index (χ4n) is 5.13. The Balaban J connectivity index is 1.37. The zero-order valence-corrected chi connectivity index (χ0v) is 29.5. The second-order valence-corrected chi connectivity index (χ2v) is 16.2. The van der Waals surface area contributed by atoms with Crippen LogP contribution in [0.1, 0.15) is 49.9 Å². The van der Waals surface area contributed by atoms with Gasteiger partial charge in [-0.2, -0.15) is 0 Å². The van der Waals surface area contributed by atoms with Crippen LogP contribution in [0.5, 0.6) is 0 Å². The van der Waals surface area contributed by atoms with E-state index in [4.69, 9.17) is 17.7 Å². The Morgan fingerprint density at radius 3 is 2.16 bits per heavy atom. The van der Waals surface area contributed by atoms with Crippen LogP contribution in [0.4, 0.5) is 5.69 Å². The normalized spacial score (nSPS) is 12.1. The lowest BCUT2D eigenvalue weighted by molar-refractivity contribution is 0.0866. The first-order valence-electron chi connectivity index (χ1n) is 15.1. The summed E-state index contributed by atoms with van der Waals surface area (Å²) in [6.45, 7) is 15.7. The SMILES string of the molecule is CCO[Si](OCC)(OCC)c1ccc(/C=C/c2sc(-c3ccc(-c4cc5ccc(N(CC)CC)cc5oc4=O)s3)cc2C)s1. The molecule has 0 aliphatic rings. The maximum atomic E-state index is 13.1. The number of hydrogen-bond acceptors (Lipinski definition) is 9. The summed E-state index contributed by atoms with van der Waals surface area (Å²) < 4.78 is 25.1. The van der Waals surface area contributed by atoms with Crippen molar-refractivity contribution in [3.8, 4) is 20.2 Å². The van der Waals surface area contributed by atoms with Gasteiger partial charge in [0.2, 0.25) is 0 Å². The first-order valence-corrected chi connectivity index (χ1v) is 19.3. The highest BCUT2D eigenvalue weighted by atomic mass is 32.1. The first kappa shape index (κ1) is 32.6. The van der Waals surface area contributed by atoms with Crippen molar-refractivity contribution < 1.29 is 17.7 Å². The number of rotatable bonds is 14. The summed E-state index contributed by atoms with van der Waals surface area (Å²) in [7, 11) is -2.91. The van der Waals surface area contributed by atoms with Gasteiger partial charge in [-0.25, -0.2) is 4.79 Å². The van der Waals surface area contributed by atoms with Crippen molar-refractivity contribution in [2.24, 2.45) is 0 Å². The molecular formula is C34H39NO5S3Si. The van der Waals surface area contributed by atoms with E-state index in [1.807, 2.05) is 45.0 Å². The molecule has 0 N–H and O–H groups in total. The van der Waals surface area contributed by atoms with Crippen molar-refractivity contribution in [3.05, 3.63) is 80.3 Å². The van der Waals surface area contributed by atoms with Gasteiger partial charge in [0, 0.05) is 74.4 Å². The van der Waals surface area contributed by atoms with Crippen molar-refractivity contribution >= 4 is 76.1 Å². The molecule has 0 fully saturated rings. The summed E-state index contributed by atoms with van der Waals surface area (Å²) in [6.07, 6.45) is 4.31. The summed E-state index contributed by atoms with van der Waals surface area (Å²) in [6, 6.07) is 18.5. The second kappa shape index (κ2) is 14.5. The molecule has 0 spiro atoms. The van der Waals surface area contributed by atoms with E-state index >= 15 is 0 Å². The van der Waals surface area contributed by atoms with Crippen LogP contribution in [0.2, 0.25) is 0 Å². The Labute approximate surface area is 272 Å². The molecule has 0 aliphatic heterocycles. The highest BCUT2D eigenvalue weighted by Gasteiger charge is 2.44. The van der Waals surface area contributed by atoms with Gasteiger partial charge in [-0.1, -0.05) is 0 Å². The van der Waals surface area contributed by atoms with Crippen LogP contribution in [0.15, 0.2) is 63.8 Å². The lowest BCUT2D eigenvalue weighted by atomic mass is 10.1. The number of nitrogens with zero attached hydrogens (tertiary/aromatic N) is 1. The zero-order chi connectivity index (χ0) is 31.3. The van der Waals surface area contributed by atoms with Gasteiger partial charge in [-0.05, 0) is 108 Å². The molecule has 10 heteroatoms. The molecule has 4 aromatic heterocycles. The lowest BCUT2D eigenvalue weighted by Crippen LogP contribution is -2.55. The minimum absolute atomic E-state index is 0.311. The Morgan fingerprint density at radius 1 is 0.773 bits per heavy atom. The molecular weight excluding hydrogens is 627 g/mol. The quantitative estimate of drug-likeness (QED) is 0.0872. The second-order valence-electron chi connectivity index (χ2n) is 10.1. The van der Waals surface area contributed by atoms with E-state index < -0.39 is 8.80 Å². The number of hydrogen-bond donors (Lipinski definition) is 0. The Bertz CT molecular complexity index is 1780. The average Bonchev–Trinajstić information content (AvgIpc) is 3.77. The minimum Gasteiger partial charge on any atom is -0.422 e. The van der Waals surface area contributed by atoms with Crippen molar-refractivity contribution in [2.75, 3.05) is 37.8 Å². The number of fused-ring (bicyclic) bond motifs is 1. The minimum atomic E-state index is -2.91. The topological polar surface area (TPSA) is 61.1 Å². The Morgan fingerprint density at radius 2 is 1.48 bits per heavy atom. The van der Waals surface area contributed by atoms with E-state index in [0.29, 0.717) is 31.0 Å². The van der Waals surface area contributed by atoms with Gasteiger partial charge in [0.25, 0.3) is 0 Å². The molecule has 0 radical (unpaired) electrons. The van der Waals surface area contributed by atoms with Crippen LogP contribution >= 0.6 is 34.0 Å². The molecule has 44 heavy (non-hydrogen) atoms. The van der Waals surface area contributed by atoms with Gasteiger partial charge in [-0.3, -0.25) is 0 Å². The first-order chi connectivity index (χ1) is 21.3. The monoisotopic (exact) mass is 665 g/mol. The van der Waals surface area contributed by atoms with E-state index in [9.17, 15) is 4.79 Å².